The highest BCUT2D eigenvalue weighted by Gasteiger charge is 2.06. The highest BCUT2D eigenvalue weighted by atomic mass is 79.9. The smallest absolute Gasteiger partial charge is 0.137 e. The van der Waals surface area contributed by atoms with Gasteiger partial charge in [-0.2, -0.15) is 0 Å². The third-order valence-corrected chi connectivity index (χ3v) is 3.18. The van der Waals surface area contributed by atoms with Gasteiger partial charge in [0.1, 0.15) is 5.15 Å². The Morgan fingerprint density at radius 2 is 2.13 bits per heavy atom. The number of aromatic nitrogens is 1. The molecule has 1 nitrogen and oxygen atoms in total. The van der Waals surface area contributed by atoms with E-state index < -0.39 is 0 Å². The van der Waals surface area contributed by atoms with E-state index in [2.05, 4.69) is 27.5 Å². The number of hydrogen-bond donors (Lipinski definition) is 0. The molecule has 3 heteroatoms. The zero-order valence-corrected chi connectivity index (χ0v) is 10.3. The van der Waals surface area contributed by atoms with Gasteiger partial charge in [0.05, 0.1) is 5.52 Å². The first-order valence-electron chi connectivity index (χ1n) is 4.52. The van der Waals surface area contributed by atoms with Crippen LogP contribution in [0.2, 0.25) is 5.15 Å². The molecule has 0 atom stereocenters. The van der Waals surface area contributed by atoms with E-state index in [1.54, 1.807) is 0 Å². The first-order valence-corrected chi connectivity index (χ1v) is 6.01. The van der Waals surface area contributed by atoms with Crippen molar-refractivity contribution < 1.29 is 0 Å². The molecule has 0 radical (unpaired) electrons. The Bertz CT molecular complexity index is 522. The number of para-hydroxylation sites is 1. The number of pyridine rings is 1. The Morgan fingerprint density at radius 1 is 1.40 bits per heavy atom. The molecule has 0 amide bonds. The van der Waals surface area contributed by atoms with Gasteiger partial charge in [0.15, 0.2) is 0 Å². The molecule has 76 valence electrons. The Labute approximate surface area is 102 Å². The van der Waals surface area contributed by atoms with Gasteiger partial charge in [-0.25, -0.2) is 4.98 Å². The molecule has 0 unspecified atom stereocenters. The van der Waals surface area contributed by atoms with Crippen LogP contribution in [0, 0.1) is 0 Å². The summed E-state index contributed by atoms with van der Waals surface area (Å²) in [5, 5.41) is 2.30. The van der Waals surface area contributed by atoms with E-state index in [0.717, 1.165) is 22.0 Å². The van der Waals surface area contributed by atoms with Crippen LogP contribution in [-0.4, -0.2) is 10.3 Å². The van der Waals surface area contributed by atoms with Crippen molar-refractivity contribution in [3.63, 3.8) is 0 Å². The number of fused-ring (bicyclic) bond motifs is 1. The standard InChI is InChI=1S/C12H9BrClN/c1-8(7-13)10-6-9-4-2-3-5-11(9)15-12(10)14/h2-6H,1,7H2. The third-order valence-electron chi connectivity index (χ3n) is 2.22. The average Bonchev–Trinajstić information content (AvgIpc) is 2.27. The molecule has 0 bridgehead atoms. The molecular formula is C12H9BrClN. The quantitative estimate of drug-likeness (QED) is 0.591. The Hall–Kier alpha value is -0.860. The van der Waals surface area contributed by atoms with E-state index >= 15 is 0 Å². The number of nitrogens with zero attached hydrogens (tertiary/aromatic N) is 1. The van der Waals surface area contributed by atoms with Crippen molar-refractivity contribution >= 4 is 44.0 Å². The van der Waals surface area contributed by atoms with Gasteiger partial charge >= 0.3 is 0 Å². The van der Waals surface area contributed by atoms with Crippen LogP contribution in [0.3, 0.4) is 0 Å². The monoisotopic (exact) mass is 281 g/mol. The van der Waals surface area contributed by atoms with Gasteiger partial charge in [-0.3, -0.25) is 0 Å². The van der Waals surface area contributed by atoms with E-state index in [-0.39, 0.29) is 0 Å². The van der Waals surface area contributed by atoms with Gasteiger partial charge in [0.2, 0.25) is 0 Å². The number of allylic oxidation sites excluding steroid dienone is 1. The summed E-state index contributed by atoms with van der Waals surface area (Å²) in [6.45, 7) is 3.94. The minimum atomic E-state index is 0.512. The molecular weight excluding hydrogens is 273 g/mol. The number of halogens is 2. The molecule has 0 saturated heterocycles. The predicted molar refractivity (Wildman–Crippen MR) is 69.6 cm³/mol. The van der Waals surface area contributed by atoms with Crippen LogP contribution >= 0.6 is 27.5 Å². The molecule has 0 N–H and O–H groups in total. The Balaban J connectivity index is 2.67. The second-order valence-corrected chi connectivity index (χ2v) is 4.18. The fourth-order valence-electron chi connectivity index (χ4n) is 1.41. The van der Waals surface area contributed by atoms with Crippen molar-refractivity contribution in [1.29, 1.82) is 0 Å². The zero-order valence-electron chi connectivity index (χ0n) is 8.00. The maximum Gasteiger partial charge on any atom is 0.137 e. The van der Waals surface area contributed by atoms with Crippen molar-refractivity contribution in [3.05, 3.63) is 47.6 Å². The van der Waals surface area contributed by atoms with Gasteiger partial charge in [-0.1, -0.05) is 52.3 Å². The lowest BCUT2D eigenvalue weighted by molar-refractivity contribution is 1.38. The Morgan fingerprint density at radius 3 is 2.87 bits per heavy atom. The van der Waals surface area contributed by atoms with Crippen LogP contribution in [-0.2, 0) is 0 Å². The number of alkyl halides is 1. The first-order chi connectivity index (χ1) is 7.22. The lowest BCUT2D eigenvalue weighted by Gasteiger charge is -2.06. The van der Waals surface area contributed by atoms with Crippen molar-refractivity contribution in [2.45, 2.75) is 0 Å². The van der Waals surface area contributed by atoms with E-state index in [1.165, 1.54) is 0 Å². The second kappa shape index (κ2) is 4.33. The van der Waals surface area contributed by atoms with E-state index in [0.29, 0.717) is 10.5 Å². The number of hydrogen-bond acceptors (Lipinski definition) is 1. The molecule has 1 aromatic heterocycles. The van der Waals surface area contributed by atoms with Crippen LogP contribution in [0.25, 0.3) is 16.5 Å². The fraction of sp³-hybridized carbons (Fsp3) is 0.0833. The van der Waals surface area contributed by atoms with Gasteiger partial charge in [0.25, 0.3) is 0 Å². The predicted octanol–water partition coefficient (Wildman–Crippen LogP) is 4.30. The lowest BCUT2D eigenvalue weighted by Crippen LogP contribution is -1.89. The molecule has 0 saturated carbocycles. The summed E-state index contributed by atoms with van der Waals surface area (Å²) in [5.74, 6) is 0. The summed E-state index contributed by atoms with van der Waals surface area (Å²) in [6, 6.07) is 9.92. The molecule has 0 aliphatic heterocycles. The van der Waals surface area contributed by atoms with Crippen LogP contribution < -0.4 is 0 Å². The van der Waals surface area contributed by atoms with Crippen molar-refractivity contribution in [1.82, 2.24) is 4.98 Å². The molecule has 15 heavy (non-hydrogen) atoms. The van der Waals surface area contributed by atoms with Crippen molar-refractivity contribution in [3.8, 4) is 0 Å². The normalized spacial score (nSPS) is 10.5. The highest BCUT2D eigenvalue weighted by molar-refractivity contribution is 9.09. The van der Waals surface area contributed by atoms with Gasteiger partial charge in [-0.05, 0) is 17.7 Å². The van der Waals surface area contributed by atoms with Crippen LogP contribution in [0.15, 0.2) is 36.9 Å². The van der Waals surface area contributed by atoms with Crippen LogP contribution in [0.4, 0.5) is 0 Å². The van der Waals surface area contributed by atoms with Crippen LogP contribution in [0.1, 0.15) is 5.56 Å². The summed E-state index contributed by atoms with van der Waals surface area (Å²) in [7, 11) is 0. The lowest BCUT2D eigenvalue weighted by atomic mass is 10.1. The topological polar surface area (TPSA) is 12.9 Å². The largest absolute Gasteiger partial charge is 0.235 e. The Kier molecular flexibility index (Phi) is 3.08. The summed E-state index contributed by atoms with van der Waals surface area (Å²) in [4.78, 5) is 4.33. The maximum absolute atomic E-state index is 6.08. The zero-order chi connectivity index (χ0) is 10.8. The van der Waals surface area contributed by atoms with Crippen molar-refractivity contribution in [2.24, 2.45) is 0 Å². The van der Waals surface area contributed by atoms with E-state index in [9.17, 15) is 0 Å². The minimum Gasteiger partial charge on any atom is -0.235 e. The van der Waals surface area contributed by atoms with E-state index in [1.807, 2.05) is 30.3 Å². The van der Waals surface area contributed by atoms with Gasteiger partial charge in [0, 0.05) is 16.3 Å². The SMILES string of the molecule is C=C(CBr)c1cc2ccccc2nc1Cl. The molecule has 1 aromatic carbocycles. The molecule has 0 spiro atoms. The molecule has 0 aliphatic carbocycles. The summed E-state index contributed by atoms with van der Waals surface area (Å²) in [6.07, 6.45) is 0. The number of rotatable bonds is 2. The second-order valence-electron chi connectivity index (χ2n) is 3.26. The van der Waals surface area contributed by atoms with Gasteiger partial charge in [-0.15, -0.1) is 0 Å². The maximum atomic E-state index is 6.08. The minimum absolute atomic E-state index is 0.512. The highest BCUT2D eigenvalue weighted by Crippen LogP contribution is 2.26. The molecule has 0 fully saturated rings. The van der Waals surface area contributed by atoms with Crippen LogP contribution in [0.5, 0.6) is 0 Å². The average molecular weight is 283 g/mol. The molecule has 0 aliphatic rings. The number of benzene rings is 1. The summed E-state index contributed by atoms with van der Waals surface area (Å²) < 4.78 is 0. The van der Waals surface area contributed by atoms with E-state index in [4.69, 9.17) is 11.6 Å². The summed E-state index contributed by atoms with van der Waals surface area (Å²) in [5.41, 5.74) is 2.76. The summed E-state index contributed by atoms with van der Waals surface area (Å²) >= 11 is 9.45. The van der Waals surface area contributed by atoms with Crippen molar-refractivity contribution in [2.75, 3.05) is 5.33 Å². The molecule has 1 heterocycles. The molecule has 2 aromatic rings. The third kappa shape index (κ3) is 2.06. The first kappa shape index (κ1) is 10.7. The fourth-order valence-corrected chi connectivity index (χ4v) is 1.99. The molecule has 2 rings (SSSR count). The van der Waals surface area contributed by atoms with Gasteiger partial charge < -0.3 is 0 Å².